The van der Waals surface area contributed by atoms with Crippen molar-refractivity contribution in [2.24, 2.45) is 0 Å². The first-order chi connectivity index (χ1) is 8.36. The molecule has 0 saturated heterocycles. The van der Waals surface area contributed by atoms with Gasteiger partial charge in [0.05, 0.1) is 18.1 Å². The first-order valence-electron chi connectivity index (χ1n) is 6.72. The summed E-state index contributed by atoms with van der Waals surface area (Å²) in [6.07, 6.45) is 9.41. The molecular formula is C13H21N3O. The van der Waals surface area contributed by atoms with Crippen molar-refractivity contribution in [3.63, 3.8) is 0 Å². The fraction of sp³-hybridized carbons (Fsp3) is 0.769. The predicted molar refractivity (Wildman–Crippen MR) is 65.8 cm³/mol. The second-order valence-electron chi connectivity index (χ2n) is 5.15. The molecule has 0 radical (unpaired) electrons. The van der Waals surface area contributed by atoms with Gasteiger partial charge in [-0.3, -0.25) is 0 Å². The standard InChI is InChI=1S/C13H21N3O/c1-2-17-13-5-10(6-13)15-8-12-7-14-9-16(12)11-3-4-11/h7,9-11,13,15H,2-6,8H2,1H3. The minimum absolute atomic E-state index is 0.492. The summed E-state index contributed by atoms with van der Waals surface area (Å²) in [6.45, 7) is 3.85. The number of imidazole rings is 1. The molecule has 2 aliphatic rings. The van der Waals surface area contributed by atoms with E-state index in [1.165, 1.54) is 18.5 Å². The van der Waals surface area contributed by atoms with Crippen molar-refractivity contribution >= 4 is 0 Å². The summed E-state index contributed by atoms with van der Waals surface area (Å²) in [4.78, 5) is 4.25. The van der Waals surface area contributed by atoms with Gasteiger partial charge in [-0.2, -0.15) is 0 Å². The molecule has 3 rings (SSSR count). The Bertz CT molecular complexity index is 366. The predicted octanol–water partition coefficient (Wildman–Crippen LogP) is 1.88. The SMILES string of the molecule is CCOC1CC(NCc2cncn2C2CC2)C1. The van der Waals surface area contributed by atoms with Crippen molar-refractivity contribution in [1.29, 1.82) is 0 Å². The second kappa shape index (κ2) is 4.78. The molecule has 1 heterocycles. The Morgan fingerprint density at radius 3 is 3.00 bits per heavy atom. The molecule has 1 aromatic heterocycles. The van der Waals surface area contributed by atoms with Crippen LogP contribution in [0.4, 0.5) is 0 Å². The van der Waals surface area contributed by atoms with Crippen molar-refractivity contribution < 1.29 is 4.74 Å². The van der Waals surface area contributed by atoms with Crippen LogP contribution >= 0.6 is 0 Å². The van der Waals surface area contributed by atoms with Crippen LogP contribution in [0, 0.1) is 0 Å². The van der Waals surface area contributed by atoms with Gasteiger partial charge in [0.2, 0.25) is 0 Å². The average Bonchev–Trinajstić information content (AvgIpc) is 3.02. The van der Waals surface area contributed by atoms with Crippen LogP contribution in [-0.4, -0.2) is 28.3 Å². The monoisotopic (exact) mass is 235 g/mol. The summed E-state index contributed by atoms with van der Waals surface area (Å²) in [7, 11) is 0. The van der Waals surface area contributed by atoms with E-state index in [-0.39, 0.29) is 0 Å². The summed E-state index contributed by atoms with van der Waals surface area (Å²) >= 11 is 0. The smallest absolute Gasteiger partial charge is 0.0951 e. The highest BCUT2D eigenvalue weighted by molar-refractivity contribution is 5.04. The number of hydrogen-bond acceptors (Lipinski definition) is 3. The number of rotatable bonds is 6. The molecule has 4 nitrogen and oxygen atoms in total. The van der Waals surface area contributed by atoms with E-state index in [1.807, 2.05) is 12.5 Å². The van der Waals surface area contributed by atoms with Crippen molar-refractivity contribution in [2.75, 3.05) is 6.61 Å². The lowest BCUT2D eigenvalue weighted by atomic mass is 9.89. The van der Waals surface area contributed by atoms with Gasteiger partial charge in [-0.15, -0.1) is 0 Å². The lowest BCUT2D eigenvalue weighted by Gasteiger charge is -2.35. The van der Waals surface area contributed by atoms with Crippen LogP contribution in [0.2, 0.25) is 0 Å². The van der Waals surface area contributed by atoms with Gasteiger partial charge in [0.25, 0.3) is 0 Å². The summed E-state index contributed by atoms with van der Waals surface area (Å²) < 4.78 is 7.88. The van der Waals surface area contributed by atoms with E-state index in [0.717, 1.165) is 32.0 Å². The highest BCUT2D eigenvalue weighted by Crippen LogP contribution is 2.35. The summed E-state index contributed by atoms with van der Waals surface area (Å²) in [6, 6.07) is 1.36. The number of hydrogen-bond donors (Lipinski definition) is 1. The molecule has 0 amide bonds. The third kappa shape index (κ3) is 2.53. The van der Waals surface area contributed by atoms with E-state index in [1.54, 1.807) is 0 Å². The molecule has 1 aromatic rings. The van der Waals surface area contributed by atoms with Gasteiger partial charge in [-0.1, -0.05) is 0 Å². The van der Waals surface area contributed by atoms with E-state index in [4.69, 9.17) is 4.74 Å². The Labute approximate surface area is 102 Å². The number of ether oxygens (including phenoxy) is 1. The van der Waals surface area contributed by atoms with Crippen LogP contribution in [-0.2, 0) is 11.3 Å². The fourth-order valence-electron chi connectivity index (χ4n) is 2.50. The number of aromatic nitrogens is 2. The van der Waals surface area contributed by atoms with Crippen LogP contribution in [0.1, 0.15) is 44.3 Å². The van der Waals surface area contributed by atoms with Crippen LogP contribution in [0.15, 0.2) is 12.5 Å². The molecule has 0 unspecified atom stereocenters. The Balaban J connectivity index is 1.44. The van der Waals surface area contributed by atoms with Crippen molar-refractivity contribution in [1.82, 2.24) is 14.9 Å². The van der Waals surface area contributed by atoms with Gasteiger partial charge < -0.3 is 14.6 Å². The molecule has 0 aliphatic heterocycles. The van der Waals surface area contributed by atoms with E-state index >= 15 is 0 Å². The number of nitrogens with one attached hydrogen (secondary N) is 1. The second-order valence-corrected chi connectivity index (χ2v) is 5.15. The third-order valence-electron chi connectivity index (χ3n) is 3.76. The first-order valence-corrected chi connectivity index (χ1v) is 6.72. The van der Waals surface area contributed by atoms with E-state index in [2.05, 4.69) is 21.8 Å². The minimum Gasteiger partial charge on any atom is -0.378 e. The summed E-state index contributed by atoms with van der Waals surface area (Å²) in [5.41, 5.74) is 1.33. The van der Waals surface area contributed by atoms with Crippen molar-refractivity contribution in [3.8, 4) is 0 Å². The number of nitrogens with zero attached hydrogens (tertiary/aromatic N) is 2. The Kier molecular flexibility index (Phi) is 3.16. The Morgan fingerprint density at radius 1 is 1.47 bits per heavy atom. The van der Waals surface area contributed by atoms with E-state index in [9.17, 15) is 0 Å². The van der Waals surface area contributed by atoms with Crippen molar-refractivity contribution in [2.45, 2.75) is 57.3 Å². The molecule has 4 heteroatoms. The maximum Gasteiger partial charge on any atom is 0.0951 e. The zero-order chi connectivity index (χ0) is 11.7. The molecular weight excluding hydrogens is 214 g/mol. The maximum atomic E-state index is 5.56. The normalized spacial score (nSPS) is 28.1. The van der Waals surface area contributed by atoms with Gasteiger partial charge in [-0.05, 0) is 32.6 Å². The van der Waals surface area contributed by atoms with E-state index < -0.39 is 0 Å². The highest BCUT2D eigenvalue weighted by atomic mass is 16.5. The summed E-state index contributed by atoms with van der Waals surface area (Å²) in [5.74, 6) is 0. The molecule has 17 heavy (non-hydrogen) atoms. The lowest BCUT2D eigenvalue weighted by Crippen LogP contribution is -2.45. The molecule has 2 aliphatic carbocycles. The highest BCUT2D eigenvalue weighted by Gasteiger charge is 2.30. The fourth-order valence-corrected chi connectivity index (χ4v) is 2.50. The molecule has 94 valence electrons. The summed E-state index contributed by atoms with van der Waals surface area (Å²) in [5, 5.41) is 3.59. The van der Waals surface area contributed by atoms with Crippen LogP contribution in [0.25, 0.3) is 0 Å². The van der Waals surface area contributed by atoms with Gasteiger partial charge in [0, 0.05) is 31.4 Å². The Hall–Kier alpha value is -0.870. The van der Waals surface area contributed by atoms with Gasteiger partial charge in [-0.25, -0.2) is 4.98 Å². The lowest BCUT2D eigenvalue weighted by molar-refractivity contribution is -0.0103. The third-order valence-corrected chi connectivity index (χ3v) is 3.76. The van der Waals surface area contributed by atoms with Crippen LogP contribution in [0.3, 0.4) is 0 Å². The molecule has 0 bridgehead atoms. The quantitative estimate of drug-likeness (QED) is 0.818. The van der Waals surface area contributed by atoms with Crippen LogP contribution < -0.4 is 5.32 Å². The minimum atomic E-state index is 0.492. The van der Waals surface area contributed by atoms with Gasteiger partial charge >= 0.3 is 0 Å². The molecule has 1 N–H and O–H groups in total. The molecule has 0 aromatic carbocycles. The molecule has 0 spiro atoms. The zero-order valence-electron chi connectivity index (χ0n) is 10.4. The van der Waals surface area contributed by atoms with Crippen molar-refractivity contribution in [3.05, 3.63) is 18.2 Å². The van der Waals surface area contributed by atoms with E-state index in [0.29, 0.717) is 12.1 Å². The average molecular weight is 235 g/mol. The van der Waals surface area contributed by atoms with Crippen LogP contribution in [0.5, 0.6) is 0 Å². The maximum absolute atomic E-state index is 5.56. The topological polar surface area (TPSA) is 39.1 Å². The molecule has 2 saturated carbocycles. The Morgan fingerprint density at radius 2 is 2.29 bits per heavy atom. The zero-order valence-corrected chi connectivity index (χ0v) is 10.4. The molecule has 0 atom stereocenters. The largest absolute Gasteiger partial charge is 0.378 e. The first kappa shape index (κ1) is 11.2. The molecule has 2 fully saturated rings. The van der Waals surface area contributed by atoms with Gasteiger partial charge in [0.1, 0.15) is 0 Å². The van der Waals surface area contributed by atoms with Gasteiger partial charge in [0.15, 0.2) is 0 Å².